The zero-order valence-corrected chi connectivity index (χ0v) is 10.9. The number of anilines is 1. The van der Waals surface area contributed by atoms with Crippen LogP contribution in [0.5, 0.6) is 5.75 Å². The minimum absolute atomic E-state index is 0.0120. The van der Waals surface area contributed by atoms with Gasteiger partial charge in [0, 0.05) is 5.56 Å². The number of benzene rings is 1. The quantitative estimate of drug-likeness (QED) is 0.865. The molecule has 1 atom stereocenters. The maximum Gasteiger partial charge on any atom is 0.143 e. The summed E-state index contributed by atoms with van der Waals surface area (Å²) in [7, 11) is 0. The number of nitrogens with zero attached hydrogens (tertiary/aromatic N) is 1. The fourth-order valence-corrected chi connectivity index (χ4v) is 2.37. The Hall–Kier alpha value is -2.01. The van der Waals surface area contributed by atoms with Crippen molar-refractivity contribution in [1.29, 1.82) is 0 Å². The van der Waals surface area contributed by atoms with Crippen LogP contribution in [0.15, 0.2) is 22.7 Å². The molecule has 1 unspecified atom stereocenters. The minimum atomic E-state index is -0.183. The fourth-order valence-electron chi connectivity index (χ4n) is 2.37. The molecule has 5 nitrogen and oxygen atoms in total. The number of aromatic nitrogens is 1. The third-order valence-electron chi connectivity index (χ3n) is 3.32. The van der Waals surface area contributed by atoms with Gasteiger partial charge in [0.2, 0.25) is 0 Å². The average Bonchev–Trinajstić information content (AvgIpc) is 2.77. The largest absolute Gasteiger partial charge is 0.484 e. The summed E-state index contributed by atoms with van der Waals surface area (Å²) in [5.41, 5.74) is 3.88. The number of ether oxygens (including phenoxy) is 1. The van der Waals surface area contributed by atoms with Gasteiger partial charge >= 0.3 is 0 Å². The van der Waals surface area contributed by atoms with Crippen LogP contribution < -0.4 is 10.1 Å². The Morgan fingerprint density at radius 2 is 2.26 bits per heavy atom. The predicted molar refractivity (Wildman–Crippen MR) is 71.4 cm³/mol. The smallest absolute Gasteiger partial charge is 0.143 e. The Bertz CT molecular complexity index is 587. The Balaban J connectivity index is 1.99. The number of rotatable bonds is 2. The van der Waals surface area contributed by atoms with E-state index >= 15 is 0 Å². The number of nitrogens with one attached hydrogen (secondary N) is 1. The number of aliphatic hydroxyl groups is 1. The van der Waals surface area contributed by atoms with Gasteiger partial charge in [-0.15, -0.1) is 0 Å². The minimum Gasteiger partial charge on any atom is -0.484 e. The first kappa shape index (κ1) is 12.0. The van der Waals surface area contributed by atoms with Gasteiger partial charge in [-0.1, -0.05) is 11.2 Å². The first-order valence-corrected chi connectivity index (χ1v) is 6.27. The van der Waals surface area contributed by atoms with Crippen molar-refractivity contribution in [3.63, 3.8) is 0 Å². The lowest BCUT2D eigenvalue weighted by Crippen LogP contribution is -2.33. The molecule has 3 rings (SSSR count). The second-order valence-electron chi connectivity index (χ2n) is 4.71. The van der Waals surface area contributed by atoms with Crippen molar-refractivity contribution in [3.8, 4) is 16.9 Å². The predicted octanol–water partition coefficient (Wildman–Crippen LogP) is 2.12. The Labute approximate surface area is 111 Å². The van der Waals surface area contributed by atoms with Gasteiger partial charge in [0.1, 0.15) is 17.6 Å². The highest BCUT2D eigenvalue weighted by atomic mass is 16.5. The van der Waals surface area contributed by atoms with Crippen LogP contribution >= 0.6 is 0 Å². The molecule has 0 saturated heterocycles. The number of hydrogen-bond donors (Lipinski definition) is 2. The van der Waals surface area contributed by atoms with Gasteiger partial charge in [0.15, 0.2) is 0 Å². The number of fused-ring (bicyclic) bond motifs is 1. The molecule has 0 radical (unpaired) electrons. The molecule has 1 aromatic heterocycles. The number of aliphatic hydroxyl groups excluding tert-OH is 1. The summed E-state index contributed by atoms with van der Waals surface area (Å²) >= 11 is 0. The van der Waals surface area contributed by atoms with Crippen LogP contribution in [-0.2, 0) is 0 Å². The molecule has 0 spiro atoms. The van der Waals surface area contributed by atoms with Crippen LogP contribution in [-0.4, -0.2) is 29.5 Å². The Morgan fingerprint density at radius 1 is 1.42 bits per heavy atom. The van der Waals surface area contributed by atoms with E-state index in [1.807, 2.05) is 32.0 Å². The van der Waals surface area contributed by atoms with Crippen molar-refractivity contribution in [2.45, 2.75) is 20.0 Å². The first-order valence-electron chi connectivity index (χ1n) is 6.27. The highest BCUT2D eigenvalue weighted by Crippen LogP contribution is 2.35. The molecule has 0 aliphatic carbocycles. The molecule has 0 fully saturated rings. The van der Waals surface area contributed by atoms with Gasteiger partial charge in [-0.05, 0) is 31.5 Å². The third-order valence-corrected chi connectivity index (χ3v) is 3.32. The zero-order valence-electron chi connectivity index (χ0n) is 10.9. The third kappa shape index (κ3) is 2.06. The lowest BCUT2D eigenvalue weighted by atomic mass is 10.0. The summed E-state index contributed by atoms with van der Waals surface area (Å²) in [6.45, 7) is 4.45. The monoisotopic (exact) mass is 260 g/mol. The highest BCUT2D eigenvalue weighted by Gasteiger charge is 2.20. The normalized spacial score (nSPS) is 17.5. The van der Waals surface area contributed by atoms with Crippen LogP contribution in [0, 0.1) is 13.8 Å². The fraction of sp³-hybridized carbons (Fsp3) is 0.357. The van der Waals surface area contributed by atoms with Crippen molar-refractivity contribution >= 4 is 5.69 Å². The van der Waals surface area contributed by atoms with E-state index < -0.39 is 0 Å². The number of hydrogen-bond acceptors (Lipinski definition) is 5. The molecule has 19 heavy (non-hydrogen) atoms. The molecular formula is C14H16N2O3. The second-order valence-corrected chi connectivity index (χ2v) is 4.71. The Kier molecular flexibility index (Phi) is 2.91. The molecule has 2 aromatic rings. The van der Waals surface area contributed by atoms with E-state index in [4.69, 9.17) is 14.4 Å². The zero-order chi connectivity index (χ0) is 13.4. The Morgan fingerprint density at radius 3 is 2.95 bits per heavy atom. The number of aryl methyl sites for hydroxylation is 2. The molecule has 5 heteroatoms. The van der Waals surface area contributed by atoms with E-state index in [1.54, 1.807) is 0 Å². The second kappa shape index (κ2) is 4.59. The summed E-state index contributed by atoms with van der Waals surface area (Å²) in [6.07, 6.45) is -0.183. The highest BCUT2D eigenvalue weighted by molar-refractivity contribution is 5.74. The molecule has 1 aliphatic heterocycles. The van der Waals surface area contributed by atoms with Crippen LogP contribution in [0.1, 0.15) is 11.5 Å². The van der Waals surface area contributed by atoms with Crippen LogP contribution in [0.3, 0.4) is 0 Å². The SMILES string of the molecule is Cc1noc(C)c1-c1ccc2c(c1)NCC(CO)O2. The standard InChI is InChI=1S/C14H16N2O3/c1-8-14(9(2)19-16-8)10-3-4-13-12(5-10)15-6-11(7-17)18-13/h3-5,11,15,17H,6-7H2,1-2H3. The molecule has 2 N–H and O–H groups in total. The average molecular weight is 260 g/mol. The van der Waals surface area contributed by atoms with E-state index in [1.165, 1.54) is 0 Å². The summed E-state index contributed by atoms with van der Waals surface area (Å²) < 4.78 is 10.9. The van der Waals surface area contributed by atoms with E-state index in [0.717, 1.165) is 34.0 Å². The first-order chi connectivity index (χ1) is 9.19. The van der Waals surface area contributed by atoms with Gasteiger partial charge in [0.05, 0.1) is 24.5 Å². The van der Waals surface area contributed by atoms with E-state index in [9.17, 15) is 0 Å². The molecule has 0 bridgehead atoms. The van der Waals surface area contributed by atoms with Gasteiger partial charge in [-0.2, -0.15) is 0 Å². The maximum absolute atomic E-state index is 9.11. The molecular weight excluding hydrogens is 244 g/mol. The summed E-state index contributed by atoms with van der Waals surface area (Å²) in [5.74, 6) is 1.57. The molecule has 1 aliphatic rings. The van der Waals surface area contributed by atoms with Gasteiger partial charge in [-0.25, -0.2) is 0 Å². The summed E-state index contributed by atoms with van der Waals surface area (Å²) in [4.78, 5) is 0. The topological polar surface area (TPSA) is 67.5 Å². The lowest BCUT2D eigenvalue weighted by Gasteiger charge is -2.26. The lowest BCUT2D eigenvalue weighted by molar-refractivity contribution is 0.120. The molecule has 0 amide bonds. The van der Waals surface area contributed by atoms with Crippen molar-refractivity contribution in [2.24, 2.45) is 0 Å². The summed E-state index contributed by atoms with van der Waals surface area (Å²) in [6, 6.07) is 5.91. The van der Waals surface area contributed by atoms with Gasteiger partial charge in [-0.3, -0.25) is 0 Å². The van der Waals surface area contributed by atoms with Crippen molar-refractivity contribution < 1.29 is 14.4 Å². The van der Waals surface area contributed by atoms with Gasteiger partial charge in [0.25, 0.3) is 0 Å². The van der Waals surface area contributed by atoms with E-state index in [-0.39, 0.29) is 12.7 Å². The van der Waals surface area contributed by atoms with Gasteiger partial charge < -0.3 is 19.7 Å². The van der Waals surface area contributed by atoms with Crippen molar-refractivity contribution in [2.75, 3.05) is 18.5 Å². The maximum atomic E-state index is 9.11. The van der Waals surface area contributed by atoms with Crippen LogP contribution in [0.25, 0.3) is 11.1 Å². The van der Waals surface area contributed by atoms with Crippen molar-refractivity contribution in [3.05, 3.63) is 29.7 Å². The molecule has 1 aromatic carbocycles. The van der Waals surface area contributed by atoms with Crippen LogP contribution in [0.4, 0.5) is 5.69 Å². The molecule has 0 saturated carbocycles. The summed E-state index contributed by atoms with van der Waals surface area (Å²) in [5, 5.41) is 16.3. The molecule has 2 heterocycles. The van der Waals surface area contributed by atoms with E-state index in [2.05, 4.69) is 10.5 Å². The van der Waals surface area contributed by atoms with E-state index in [0.29, 0.717) is 6.54 Å². The van der Waals surface area contributed by atoms with Crippen molar-refractivity contribution in [1.82, 2.24) is 5.16 Å². The van der Waals surface area contributed by atoms with Crippen LogP contribution in [0.2, 0.25) is 0 Å². The molecule has 100 valence electrons.